The summed E-state index contributed by atoms with van der Waals surface area (Å²) in [6.07, 6.45) is 3.77. The summed E-state index contributed by atoms with van der Waals surface area (Å²) in [6, 6.07) is 6.42. The number of halogens is 1. The number of likely N-dealkylation sites (tertiary alicyclic amines) is 1. The van der Waals surface area contributed by atoms with Gasteiger partial charge < -0.3 is 10.2 Å². The Morgan fingerprint density at radius 3 is 2.57 bits per heavy atom. The molecular formula is C16H21FN2O2. The highest BCUT2D eigenvalue weighted by Gasteiger charge is 2.16. The van der Waals surface area contributed by atoms with Crippen molar-refractivity contribution in [3.05, 3.63) is 35.6 Å². The van der Waals surface area contributed by atoms with E-state index in [9.17, 15) is 14.0 Å². The van der Waals surface area contributed by atoms with Gasteiger partial charge in [-0.25, -0.2) is 4.39 Å². The van der Waals surface area contributed by atoms with Gasteiger partial charge in [0.05, 0.1) is 6.54 Å². The lowest BCUT2D eigenvalue weighted by Gasteiger charge is -2.26. The zero-order valence-corrected chi connectivity index (χ0v) is 12.1. The second-order valence-corrected chi connectivity index (χ2v) is 5.31. The number of hydrogen-bond donors (Lipinski definition) is 1. The number of nitrogens with one attached hydrogen (secondary N) is 1. The highest BCUT2D eigenvalue weighted by atomic mass is 19.1. The van der Waals surface area contributed by atoms with Crippen LogP contribution in [0.3, 0.4) is 0 Å². The van der Waals surface area contributed by atoms with Crippen LogP contribution in [0.25, 0.3) is 0 Å². The van der Waals surface area contributed by atoms with Crippen LogP contribution in [-0.2, 0) is 16.0 Å². The molecule has 21 heavy (non-hydrogen) atoms. The predicted molar refractivity (Wildman–Crippen MR) is 78.2 cm³/mol. The van der Waals surface area contributed by atoms with Gasteiger partial charge in [-0.3, -0.25) is 9.59 Å². The molecule has 5 heteroatoms. The molecule has 114 valence electrons. The van der Waals surface area contributed by atoms with Gasteiger partial charge in [0.2, 0.25) is 11.8 Å². The minimum Gasteiger partial charge on any atom is -0.347 e. The number of aryl methyl sites for hydroxylation is 1. The molecule has 1 aliphatic heterocycles. The van der Waals surface area contributed by atoms with Crippen molar-refractivity contribution in [3.63, 3.8) is 0 Å². The number of amides is 2. The molecule has 1 fully saturated rings. The molecular weight excluding hydrogens is 271 g/mol. The molecule has 4 nitrogen and oxygen atoms in total. The van der Waals surface area contributed by atoms with E-state index in [1.54, 1.807) is 23.1 Å². The summed E-state index contributed by atoms with van der Waals surface area (Å²) >= 11 is 0. The van der Waals surface area contributed by atoms with Gasteiger partial charge in [0.15, 0.2) is 0 Å². The Kier molecular flexibility index (Phi) is 5.72. The van der Waals surface area contributed by atoms with Crippen LogP contribution in [0.2, 0.25) is 0 Å². The van der Waals surface area contributed by atoms with Crippen LogP contribution in [0.1, 0.15) is 31.2 Å². The predicted octanol–water partition coefficient (Wildman–Crippen LogP) is 1.89. The zero-order valence-electron chi connectivity index (χ0n) is 12.1. The van der Waals surface area contributed by atoms with Crippen LogP contribution < -0.4 is 5.32 Å². The van der Waals surface area contributed by atoms with Crippen molar-refractivity contribution in [2.45, 2.75) is 32.1 Å². The minimum absolute atomic E-state index is 0.0334. The standard InChI is InChI=1S/C16H21FN2O2/c17-14-7-3-2-6-13(14)8-9-15(20)18-12-16(21)19-10-4-1-5-11-19/h2-3,6-7H,1,4-5,8-12H2,(H,18,20). The van der Waals surface area contributed by atoms with Gasteiger partial charge in [-0.2, -0.15) is 0 Å². The van der Waals surface area contributed by atoms with Gasteiger partial charge >= 0.3 is 0 Å². The molecule has 1 aliphatic rings. The first-order chi connectivity index (χ1) is 10.2. The van der Waals surface area contributed by atoms with Gasteiger partial charge in [0, 0.05) is 19.5 Å². The highest BCUT2D eigenvalue weighted by molar-refractivity contribution is 5.84. The fourth-order valence-corrected chi connectivity index (χ4v) is 2.47. The maximum absolute atomic E-state index is 13.4. The van der Waals surface area contributed by atoms with Crippen LogP contribution in [-0.4, -0.2) is 36.3 Å². The average Bonchev–Trinajstić information content (AvgIpc) is 2.52. The lowest BCUT2D eigenvalue weighted by molar-refractivity contribution is -0.133. The third kappa shape index (κ3) is 4.85. The second kappa shape index (κ2) is 7.76. The molecule has 0 atom stereocenters. The summed E-state index contributed by atoms with van der Waals surface area (Å²) in [4.78, 5) is 25.4. The Labute approximate surface area is 124 Å². The molecule has 1 N–H and O–H groups in total. The largest absolute Gasteiger partial charge is 0.347 e. The molecule has 1 saturated heterocycles. The number of piperidine rings is 1. The Morgan fingerprint density at radius 1 is 1.14 bits per heavy atom. The quantitative estimate of drug-likeness (QED) is 0.901. The Morgan fingerprint density at radius 2 is 1.86 bits per heavy atom. The summed E-state index contributed by atoms with van der Waals surface area (Å²) < 4.78 is 13.4. The van der Waals surface area contributed by atoms with E-state index in [1.165, 1.54) is 12.5 Å². The summed E-state index contributed by atoms with van der Waals surface area (Å²) in [6.45, 7) is 1.60. The molecule has 2 amide bonds. The van der Waals surface area contributed by atoms with Crippen molar-refractivity contribution in [3.8, 4) is 0 Å². The van der Waals surface area contributed by atoms with E-state index in [4.69, 9.17) is 0 Å². The van der Waals surface area contributed by atoms with Crippen LogP contribution >= 0.6 is 0 Å². The van der Waals surface area contributed by atoms with E-state index in [0.717, 1.165) is 25.9 Å². The monoisotopic (exact) mass is 292 g/mol. The molecule has 0 saturated carbocycles. The Bertz CT molecular complexity index is 499. The van der Waals surface area contributed by atoms with E-state index in [1.807, 2.05) is 0 Å². The van der Waals surface area contributed by atoms with Crippen LogP contribution in [0, 0.1) is 5.82 Å². The average molecular weight is 292 g/mol. The molecule has 0 aromatic heterocycles. The fraction of sp³-hybridized carbons (Fsp3) is 0.500. The molecule has 0 unspecified atom stereocenters. The molecule has 2 rings (SSSR count). The summed E-state index contributed by atoms with van der Waals surface area (Å²) in [5.74, 6) is -0.549. The number of carbonyl (C=O) groups is 2. The molecule has 1 aromatic carbocycles. The smallest absolute Gasteiger partial charge is 0.241 e. The molecule has 0 aliphatic carbocycles. The topological polar surface area (TPSA) is 49.4 Å². The first-order valence-electron chi connectivity index (χ1n) is 7.44. The van der Waals surface area contributed by atoms with Gasteiger partial charge in [-0.15, -0.1) is 0 Å². The number of rotatable bonds is 5. The molecule has 1 heterocycles. The van der Waals surface area contributed by atoms with Crippen LogP contribution in [0.5, 0.6) is 0 Å². The van der Waals surface area contributed by atoms with Crippen molar-refractivity contribution in [1.29, 1.82) is 0 Å². The highest BCUT2D eigenvalue weighted by Crippen LogP contribution is 2.09. The van der Waals surface area contributed by atoms with Crippen LogP contribution in [0.4, 0.5) is 4.39 Å². The van der Waals surface area contributed by atoms with Crippen molar-refractivity contribution < 1.29 is 14.0 Å². The van der Waals surface area contributed by atoms with E-state index >= 15 is 0 Å². The third-order valence-electron chi connectivity index (χ3n) is 3.72. The lowest BCUT2D eigenvalue weighted by atomic mass is 10.1. The van der Waals surface area contributed by atoms with Crippen molar-refractivity contribution in [2.24, 2.45) is 0 Å². The van der Waals surface area contributed by atoms with Crippen LogP contribution in [0.15, 0.2) is 24.3 Å². The van der Waals surface area contributed by atoms with E-state index < -0.39 is 0 Å². The van der Waals surface area contributed by atoms with Crippen molar-refractivity contribution in [1.82, 2.24) is 10.2 Å². The number of benzene rings is 1. The van der Waals surface area contributed by atoms with Gasteiger partial charge in [-0.05, 0) is 37.3 Å². The second-order valence-electron chi connectivity index (χ2n) is 5.31. The van der Waals surface area contributed by atoms with Crippen molar-refractivity contribution in [2.75, 3.05) is 19.6 Å². The zero-order chi connectivity index (χ0) is 15.1. The summed E-state index contributed by atoms with van der Waals surface area (Å²) in [5, 5.41) is 2.62. The first-order valence-corrected chi connectivity index (χ1v) is 7.44. The number of hydrogen-bond acceptors (Lipinski definition) is 2. The Balaban J connectivity index is 1.70. The normalized spacial score (nSPS) is 14.8. The summed E-state index contributed by atoms with van der Waals surface area (Å²) in [7, 11) is 0. The number of carbonyl (C=O) groups excluding carboxylic acids is 2. The maximum atomic E-state index is 13.4. The SMILES string of the molecule is O=C(CCc1ccccc1F)NCC(=O)N1CCCCC1. The van der Waals surface area contributed by atoms with E-state index in [2.05, 4.69) is 5.32 Å². The first kappa shape index (κ1) is 15.5. The molecule has 0 radical (unpaired) electrons. The maximum Gasteiger partial charge on any atom is 0.241 e. The fourth-order valence-electron chi connectivity index (χ4n) is 2.47. The molecule has 0 spiro atoms. The third-order valence-corrected chi connectivity index (χ3v) is 3.72. The number of nitrogens with zero attached hydrogens (tertiary/aromatic N) is 1. The molecule has 1 aromatic rings. The Hall–Kier alpha value is -1.91. The summed E-state index contributed by atoms with van der Waals surface area (Å²) in [5.41, 5.74) is 0.523. The molecule has 0 bridgehead atoms. The van der Waals surface area contributed by atoms with Gasteiger partial charge in [-0.1, -0.05) is 18.2 Å². The lowest BCUT2D eigenvalue weighted by Crippen LogP contribution is -2.42. The van der Waals surface area contributed by atoms with E-state index in [0.29, 0.717) is 12.0 Å². The van der Waals surface area contributed by atoms with E-state index in [-0.39, 0.29) is 30.6 Å². The van der Waals surface area contributed by atoms with Gasteiger partial charge in [0.1, 0.15) is 5.82 Å². The van der Waals surface area contributed by atoms with Crippen molar-refractivity contribution >= 4 is 11.8 Å². The van der Waals surface area contributed by atoms with Gasteiger partial charge in [0.25, 0.3) is 0 Å². The minimum atomic E-state index is -0.297.